The minimum Gasteiger partial charge on any atom is -0.387 e. The second-order valence-corrected chi connectivity index (χ2v) is 9.19. The fourth-order valence-electron chi connectivity index (χ4n) is 2.58. The lowest BCUT2D eigenvalue weighted by atomic mass is 10.1. The third-order valence-electron chi connectivity index (χ3n) is 3.96. The van der Waals surface area contributed by atoms with Gasteiger partial charge < -0.3 is 34.8 Å². The highest BCUT2D eigenvalue weighted by Gasteiger charge is 2.46. The van der Waals surface area contributed by atoms with E-state index in [1.54, 1.807) is 0 Å². The number of aliphatic hydroxyl groups is 2. The van der Waals surface area contributed by atoms with Gasteiger partial charge in [-0.2, -0.15) is 4.31 Å². The minimum atomic E-state index is -5.10. The van der Waals surface area contributed by atoms with Crippen molar-refractivity contribution in [2.75, 3.05) is 33.0 Å². The van der Waals surface area contributed by atoms with Crippen LogP contribution in [0.25, 0.3) is 0 Å². The van der Waals surface area contributed by atoms with Crippen LogP contribution in [0.3, 0.4) is 0 Å². The molecule has 4 bridgehead atoms. The van der Waals surface area contributed by atoms with Crippen molar-refractivity contribution in [3.63, 3.8) is 0 Å². The molecule has 3 rings (SSSR count). The molecule has 0 spiro atoms. The van der Waals surface area contributed by atoms with Gasteiger partial charge in [0.25, 0.3) is 5.91 Å². The number of nitrogens with zero attached hydrogens (tertiary/aromatic N) is 3. The van der Waals surface area contributed by atoms with Gasteiger partial charge in [-0.25, -0.2) is 13.8 Å². The van der Waals surface area contributed by atoms with Crippen LogP contribution in [0.5, 0.6) is 0 Å². The fourth-order valence-corrected chi connectivity index (χ4v) is 4.64. The number of ether oxygens (including phenoxy) is 2. The second-order valence-electron chi connectivity index (χ2n) is 6.15. The number of fused-ring (bicyclic) bond motifs is 5. The molecular formula is C12H20N4O12P2. The quantitative estimate of drug-likeness (QED) is 0.255. The number of aromatic nitrogens is 3. The Balaban J connectivity index is 1.77. The first kappa shape index (κ1) is 23.4. The van der Waals surface area contributed by atoms with Crippen molar-refractivity contribution in [2.24, 2.45) is 0 Å². The van der Waals surface area contributed by atoms with E-state index in [1.165, 1.54) is 6.20 Å². The number of nitrogens with one attached hydrogen (secondary N) is 1. The summed E-state index contributed by atoms with van der Waals surface area (Å²) in [6, 6.07) is 0. The number of amides is 1. The minimum absolute atomic E-state index is 0.0136. The molecule has 0 radical (unpaired) electrons. The highest BCUT2D eigenvalue weighted by molar-refractivity contribution is 7.61. The molecule has 1 aromatic heterocycles. The normalized spacial score (nSPS) is 39.5. The average molecular weight is 474 g/mol. The Morgan fingerprint density at radius 3 is 2.60 bits per heavy atom. The van der Waals surface area contributed by atoms with Crippen LogP contribution in [-0.2, 0) is 32.0 Å². The first-order chi connectivity index (χ1) is 14.1. The summed E-state index contributed by atoms with van der Waals surface area (Å²) in [5.74, 6) is -0.596. The van der Waals surface area contributed by atoms with Crippen molar-refractivity contribution >= 4 is 21.6 Å². The van der Waals surface area contributed by atoms with E-state index < -0.39 is 59.3 Å². The van der Waals surface area contributed by atoms with E-state index in [2.05, 4.69) is 29.0 Å². The maximum atomic E-state index is 12.1. The fraction of sp³-hybridized carbons (Fsp3) is 0.750. The van der Waals surface area contributed by atoms with E-state index in [4.69, 9.17) is 9.47 Å². The number of hydrogen-bond acceptors (Lipinski definition) is 12. The Labute approximate surface area is 168 Å². The predicted molar refractivity (Wildman–Crippen MR) is 91.7 cm³/mol. The second kappa shape index (κ2) is 9.46. The van der Waals surface area contributed by atoms with Crippen molar-refractivity contribution in [3.05, 3.63) is 11.9 Å². The molecule has 5 N–H and O–H groups in total. The smallest absolute Gasteiger partial charge is 0.387 e. The van der Waals surface area contributed by atoms with E-state index in [9.17, 15) is 33.9 Å². The number of rotatable bonds is 0. The molecule has 0 aliphatic carbocycles. The van der Waals surface area contributed by atoms with E-state index >= 15 is 0 Å². The molecular weight excluding hydrogens is 454 g/mol. The number of carbonyl (C=O) groups excluding carboxylic acids is 1. The summed E-state index contributed by atoms with van der Waals surface area (Å²) < 4.78 is 48.3. The zero-order valence-corrected chi connectivity index (χ0v) is 17.0. The van der Waals surface area contributed by atoms with Crippen LogP contribution in [-0.4, -0.2) is 92.2 Å². The molecule has 1 amide bonds. The number of phosphoric ester groups is 2. The van der Waals surface area contributed by atoms with Crippen LogP contribution >= 0.6 is 15.6 Å². The maximum absolute atomic E-state index is 12.1. The lowest BCUT2D eigenvalue weighted by Crippen LogP contribution is -2.33. The van der Waals surface area contributed by atoms with Crippen molar-refractivity contribution in [2.45, 2.75) is 24.5 Å². The topological polar surface area (TPSA) is 221 Å². The summed E-state index contributed by atoms with van der Waals surface area (Å²) >= 11 is 0. The number of carbonyl (C=O) groups is 1. The van der Waals surface area contributed by atoms with Gasteiger partial charge >= 0.3 is 15.6 Å². The number of phosphoric acid groups is 2. The van der Waals surface area contributed by atoms with Gasteiger partial charge in [0.05, 0.1) is 32.6 Å². The highest BCUT2D eigenvalue weighted by atomic mass is 31.3. The van der Waals surface area contributed by atoms with Crippen LogP contribution in [0.1, 0.15) is 16.7 Å². The van der Waals surface area contributed by atoms with Crippen molar-refractivity contribution in [3.8, 4) is 0 Å². The lowest BCUT2D eigenvalue weighted by molar-refractivity contribution is -0.0587. The number of aliphatic hydroxyl groups excluding tert-OH is 2. The van der Waals surface area contributed by atoms with Crippen LogP contribution < -0.4 is 5.32 Å². The molecule has 2 unspecified atom stereocenters. The summed E-state index contributed by atoms with van der Waals surface area (Å²) in [7, 11) is -10.1. The highest BCUT2D eigenvalue weighted by Crippen LogP contribution is 2.60. The third kappa shape index (κ3) is 5.90. The Morgan fingerprint density at radius 1 is 1.10 bits per heavy atom. The predicted octanol–water partition coefficient (Wildman–Crippen LogP) is -2.09. The zero-order chi connectivity index (χ0) is 21.9. The van der Waals surface area contributed by atoms with Gasteiger partial charge in [-0.05, 0) is 0 Å². The van der Waals surface area contributed by atoms with Crippen LogP contribution in [0.4, 0.5) is 0 Å². The molecule has 16 nitrogen and oxygen atoms in total. The first-order valence-corrected chi connectivity index (χ1v) is 11.5. The van der Waals surface area contributed by atoms with Gasteiger partial charge in [-0.15, -0.1) is 5.10 Å². The van der Waals surface area contributed by atoms with Crippen molar-refractivity contribution < 1.29 is 56.8 Å². The van der Waals surface area contributed by atoms with Crippen molar-refractivity contribution in [1.29, 1.82) is 0 Å². The Morgan fingerprint density at radius 2 is 1.83 bits per heavy atom. The number of hydrogen-bond donors (Lipinski definition) is 5. The molecule has 3 heterocycles. The Hall–Kier alpha value is -1.29. The molecule has 0 aromatic carbocycles. The van der Waals surface area contributed by atoms with E-state index in [-0.39, 0.29) is 25.5 Å². The summed E-state index contributed by atoms with van der Waals surface area (Å²) in [6.45, 7) is -1.37. The molecule has 2 aliphatic heterocycles. The molecule has 170 valence electrons. The largest absolute Gasteiger partial charge is 0.481 e. The molecule has 30 heavy (non-hydrogen) atoms. The average Bonchev–Trinajstić information content (AvgIpc) is 3.24. The molecule has 1 saturated heterocycles. The van der Waals surface area contributed by atoms with E-state index in [0.717, 1.165) is 4.68 Å². The summed E-state index contributed by atoms with van der Waals surface area (Å²) in [5, 5.41) is 30.1. The Kier molecular flexibility index (Phi) is 7.37. The lowest BCUT2D eigenvalue weighted by Gasteiger charge is -2.19. The van der Waals surface area contributed by atoms with E-state index in [0.29, 0.717) is 0 Å². The first-order valence-electron chi connectivity index (χ1n) is 8.53. The summed E-state index contributed by atoms with van der Waals surface area (Å²) in [5.41, 5.74) is -0.101. The van der Waals surface area contributed by atoms with Crippen LogP contribution in [0.15, 0.2) is 6.20 Å². The summed E-state index contributed by atoms with van der Waals surface area (Å²) in [6.07, 6.45) is -4.60. The molecule has 1 fully saturated rings. The molecule has 1 aromatic rings. The molecule has 18 heteroatoms. The van der Waals surface area contributed by atoms with Gasteiger partial charge in [0.15, 0.2) is 11.9 Å². The van der Waals surface area contributed by atoms with Crippen molar-refractivity contribution in [1.82, 2.24) is 20.3 Å². The van der Waals surface area contributed by atoms with Crippen LogP contribution in [0.2, 0.25) is 0 Å². The van der Waals surface area contributed by atoms with Gasteiger partial charge in [-0.1, -0.05) is 5.21 Å². The monoisotopic (exact) mass is 474 g/mol. The molecule has 2 aliphatic rings. The Bertz CT molecular complexity index is 851. The SMILES string of the molecule is O=C1NCCOCCOP(=O)(O)OP(=O)(O)OC[C@H]2O[C@H]([C@H](O)[C@@H]2O)n2cc1nn2. The summed E-state index contributed by atoms with van der Waals surface area (Å²) in [4.78, 5) is 31.2. The molecule has 6 atom stereocenters. The zero-order valence-electron chi connectivity index (χ0n) is 15.2. The molecule has 0 saturated carbocycles. The van der Waals surface area contributed by atoms with Gasteiger partial charge in [0.1, 0.15) is 18.3 Å². The third-order valence-corrected chi connectivity index (χ3v) is 6.60. The maximum Gasteiger partial charge on any atom is 0.481 e. The van der Waals surface area contributed by atoms with E-state index in [1.807, 2.05) is 0 Å². The van der Waals surface area contributed by atoms with Gasteiger partial charge in [0.2, 0.25) is 0 Å². The van der Waals surface area contributed by atoms with Gasteiger partial charge in [-0.3, -0.25) is 13.8 Å². The standard InChI is InChI=1S/C12H20N4O12P2/c17-9-8-6-26-30(22,23)28-29(20,21)25-4-3-24-2-1-13-11(19)7-5-16(15-14-7)12(27-8)10(9)18/h5,8-10,12,17-18H,1-4,6H2,(H,13,19)(H,20,21)(H,22,23)/t8-,9-,10-,12-/m1/s1. The van der Waals surface area contributed by atoms with Gasteiger partial charge in [0, 0.05) is 6.54 Å². The van der Waals surface area contributed by atoms with Crippen LogP contribution in [0, 0.1) is 0 Å².